The minimum absolute atomic E-state index is 0.0351. The summed E-state index contributed by atoms with van der Waals surface area (Å²) in [5, 5.41) is 21.6. The topological polar surface area (TPSA) is 116 Å². The van der Waals surface area contributed by atoms with Crippen molar-refractivity contribution in [2.24, 2.45) is 0 Å². The number of carbonyl (C=O) groups is 1. The molecule has 0 aliphatic carbocycles. The molecule has 2 unspecified atom stereocenters. The van der Waals surface area contributed by atoms with Crippen LogP contribution in [-0.4, -0.2) is 48.9 Å². The van der Waals surface area contributed by atoms with Gasteiger partial charge in [-0.2, -0.15) is 5.48 Å². The zero-order chi connectivity index (χ0) is 18.4. The molecule has 7 nitrogen and oxygen atoms in total. The SMILES string of the molecule is CS(=O)(=O)C(CCNC(=O)c1ccc(-c2cccs2)cc1)C(O)NO. The quantitative estimate of drug-likeness (QED) is 0.402. The standard InChI is InChI=1S/C16H20N2O5S2/c1-25(22,23)14(16(20)18-21)8-9-17-15(19)12-6-4-11(5-7-12)13-3-2-10-24-13/h2-7,10,14,16,18,20-21H,8-9H2,1H3,(H,17,19). The van der Waals surface area contributed by atoms with Crippen LogP contribution >= 0.6 is 11.3 Å². The molecular weight excluding hydrogens is 364 g/mol. The van der Waals surface area contributed by atoms with Gasteiger partial charge in [-0.05, 0) is 35.6 Å². The Bertz CT molecular complexity index is 788. The minimum Gasteiger partial charge on any atom is -0.375 e. The van der Waals surface area contributed by atoms with Gasteiger partial charge in [0.2, 0.25) is 0 Å². The Morgan fingerprint density at radius 2 is 1.92 bits per heavy atom. The van der Waals surface area contributed by atoms with Crippen molar-refractivity contribution in [3.63, 3.8) is 0 Å². The highest BCUT2D eigenvalue weighted by molar-refractivity contribution is 7.91. The van der Waals surface area contributed by atoms with Gasteiger partial charge in [-0.3, -0.25) is 4.79 Å². The van der Waals surface area contributed by atoms with Crippen LogP contribution in [0.1, 0.15) is 16.8 Å². The molecule has 0 aliphatic rings. The number of rotatable bonds is 8. The molecule has 1 amide bonds. The molecule has 0 aliphatic heterocycles. The van der Waals surface area contributed by atoms with Crippen LogP contribution in [0.4, 0.5) is 0 Å². The maximum absolute atomic E-state index is 12.1. The Labute approximate surface area is 150 Å². The summed E-state index contributed by atoms with van der Waals surface area (Å²) >= 11 is 1.61. The van der Waals surface area contributed by atoms with E-state index in [0.717, 1.165) is 16.7 Å². The molecule has 9 heteroatoms. The molecule has 0 fully saturated rings. The average Bonchev–Trinajstić information content (AvgIpc) is 3.11. The van der Waals surface area contributed by atoms with Crippen LogP contribution in [0.15, 0.2) is 41.8 Å². The summed E-state index contributed by atoms with van der Waals surface area (Å²) in [4.78, 5) is 13.2. The number of thiophene rings is 1. The van der Waals surface area contributed by atoms with Gasteiger partial charge in [0.05, 0.1) is 0 Å². The maximum atomic E-state index is 12.1. The van der Waals surface area contributed by atoms with Gasteiger partial charge >= 0.3 is 0 Å². The van der Waals surface area contributed by atoms with E-state index in [-0.39, 0.29) is 18.9 Å². The molecule has 0 saturated carbocycles. The number of hydroxylamine groups is 1. The molecule has 25 heavy (non-hydrogen) atoms. The first-order chi connectivity index (χ1) is 11.8. The van der Waals surface area contributed by atoms with Crippen molar-refractivity contribution in [3.8, 4) is 10.4 Å². The van der Waals surface area contributed by atoms with Crippen molar-refractivity contribution in [2.45, 2.75) is 17.9 Å². The molecule has 4 N–H and O–H groups in total. The number of nitrogens with one attached hydrogen (secondary N) is 2. The fourth-order valence-electron chi connectivity index (χ4n) is 2.35. The van der Waals surface area contributed by atoms with E-state index in [9.17, 15) is 18.3 Å². The summed E-state index contributed by atoms with van der Waals surface area (Å²) in [6, 6.07) is 11.0. The van der Waals surface area contributed by atoms with Crippen molar-refractivity contribution in [2.75, 3.05) is 12.8 Å². The molecule has 0 spiro atoms. The summed E-state index contributed by atoms with van der Waals surface area (Å²) in [6.45, 7) is 0.0436. The molecule has 2 rings (SSSR count). The van der Waals surface area contributed by atoms with Crippen LogP contribution in [0, 0.1) is 0 Å². The van der Waals surface area contributed by atoms with E-state index in [1.807, 2.05) is 29.6 Å². The molecule has 0 saturated heterocycles. The second kappa shape index (κ2) is 8.54. The Hall–Kier alpha value is -1.78. The fraction of sp³-hybridized carbons (Fsp3) is 0.312. The Morgan fingerprint density at radius 3 is 2.44 bits per heavy atom. The van der Waals surface area contributed by atoms with E-state index in [4.69, 9.17) is 5.21 Å². The number of benzene rings is 1. The summed E-state index contributed by atoms with van der Waals surface area (Å²) in [5.41, 5.74) is 3.00. The molecule has 136 valence electrons. The lowest BCUT2D eigenvalue weighted by Gasteiger charge is -2.20. The highest BCUT2D eigenvalue weighted by atomic mass is 32.2. The van der Waals surface area contributed by atoms with Crippen LogP contribution in [0.25, 0.3) is 10.4 Å². The number of aliphatic hydroxyl groups excluding tert-OH is 1. The highest BCUT2D eigenvalue weighted by Gasteiger charge is 2.28. The van der Waals surface area contributed by atoms with Gasteiger partial charge in [-0.1, -0.05) is 18.2 Å². The van der Waals surface area contributed by atoms with E-state index < -0.39 is 21.3 Å². The average molecular weight is 384 g/mol. The third-order valence-electron chi connectivity index (χ3n) is 3.70. The van der Waals surface area contributed by atoms with Gasteiger partial charge in [0, 0.05) is 23.2 Å². The van der Waals surface area contributed by atoms with Crippen molar-refractivity contribution >= 4 is 27.1 Å². The third kappa shape index (κ3) is 5.35. The maximum Gasteiger partial charge on any atom is 0.251 e. The monoisotopic (exact) mass is 384 g/mol. The molecule has 1 aromatic carbocycles. The Morgan fingerprint density at radius 1 is 1.24 bits per heavy atom. The molecule has 0 radical (unpaired) electrons. The van der Waals surface area contributed by atoms with Gasteiger partial charge in [0.25, 0.3) is 5.91 Å². The molecule has 1 aromatic heterocycles. The van der Waals surface area contributed by atoms with E-state index in [0.29, 0.717) is 5.56 Å². The molecular formula is C16H20N2O5S2. The zero-order valence-electron chi connectivity index (χ0n) is 13.5. The number of carbonyl (C=O) groups excluding carboxylic acids is 1. The summed E-state index contributed by atoms with van der Waals surface area (Å²) in [7, 11) is -3.59. The van der Waals surface area contributed by atoms with Gasteiger partial charge in [-0.25, -0.2) is 8.42 Å². The summed E-state index contributed by atoms with van der Waals surface area (Å²) in [5.74, 6) is -0.337. The number of sulfone groups is 1. The Kier molecular flexibility index (Phi) is 6.68. The van der Waals surface area contributed by atoms with E-state index in [1.165, 1.54) is 5.48 Å². The fourth-order valence-corrected chi connectivity index (χ4v) is 4.16. The van der Waals surface area contributed by atoms with Crippen LogP contribution < -0.4 is 10.8 Å². The first-order valence-corrected chi connectivity index (χ1v) is 10.3. The Balaban J connectivity index is 1.93. The van der Waals surface area contributed by atoms with E-state index >= 15 is 0 Å². The lowest BCUT2D eigenvalue weighted by atomic mass is 10.1. The van der Waals surface area contributed by atoms with Crippen molar-refractivity contribution in [3.05, 3.63) is 47.3 Å². The van der Waals surface area contributed by atoms with Crippen molar-refractivity contribution in [1.82, 2.24) is 10.8 Å². The predicted molar refractivity (Wildman–Crippen MR) is 96.3 cm³/mol. The number of hydrogen-bond acceptors (Lipinski definition) is 7. The van der Waals surface area contributed by atoms with Gasteiger partial charge in [0.15, 0.2) is 9.84 Å². The van der Waals surface area contributed by atoms with Gasteiger partial charge in [-0.15, -0.1) is 11.3 Å². The lowest BCUT2D eigenvalue weighted by molar-refractivity contribution is -0.00112. The summed E-state index contributed by atoms with van der Waals surface area (Å²) < 4.78 is 23.2. The lowest BCUT2D eigenvalue weighted by Crippen LogP contribution is -2.44. The van der Waals surface area contributed by atoms with Gasteiger partial charge < -0.3 is 15.6 Å². The zero-order valence-corrected chi connectivity index (χ0v) is 15.2. The second-order valence-electron chi connectivity index (χ2n) is 5.54. The number of aliphatic hydroxyl groups is 1. The second-order valence-corrected chi connectivity index (χ2v) is 8.75. The van der Waals surface area contributed by atoms with Crippen LogP contribution in [-0.2, 0) is 9.84 Å². The van der Waals surface area contributed by atoms with Crippen molar-refractivity contribution in [1.29, 1.82) is 0 Å². The molecule has 1 heterocycles. The summed E-state index contributed by atoms with van der Waals surface area (Å²) in [6.07, 6.45) is -0.687. The number of hydrogen-bond donors (Lipinski definition) is 4. The van der Waals surface area contributed by atoms with E-state index in [1.54, 1.807) is 23.5 Å². The van der Waals surface area contributed by atoms with Crippen LogP contribution in [0.5, 0.6) is 0 Å². The third-order valence-corrected chi connectivity index (χ3v) is 6.21. The molecule has 2 aromatic rings. The smallest absolute Gasteiger partial charge is 0.251 e. The first-order valence-electron chi connectivity index (χ1n) is 7.51. The minimum atomic E-state index is -3.59. The van der Waals surface area contributed by atoms with Gasteiger partial charge in [0.1, 0.15) is 11.5 Å². The van der Waals surface area contributed by atoms with Crippen LogP contribution in [0.3, 0.4) is 0 Å². The highest BCUT2D eigenvalue weighted by Crippen LogP contribution is 2.24. The predicted octanol–water partition coefficient (Wildman–Crippen LogP) is 1.25. The van der Waals surface area contributed by atoms with E-state index in [2.05, 4.69) is 5.32 Å². The first kappa shape index (κ1) is 19.5. The largest absolute Gasteiger partial charge is 0.375 e. The normalized spacial score (nSPS) is 14.0. The van der Waals surface area contributed by atoms with Crippen LogP contribution in [0.2, 0.25) is 0 Å². The molecule has 2 atom stereocenters. The molecule has 0 bridgehead atoms. The van der Waals surface area contributed by atoms with Crippen molar-refractivity contribution < 1.29 is 23.5 Å². The number of amides is 1.